The van der Waals surface area contributed by atoms with E-state index in [9.17, 15) is 9.59 Å². The van der Waals surface area contributed by atoms with Gasteiger partial charge >= 0.3 is 5.69 Å². The number of fused-ring (bicyclic) bond motifs is 1. The summed E-state index contributed by atoms with van der Waals surface area (Å²) >= 11 is 0. The molecule has 0 unspecified atom stereocenters. The lowest BCUT2D eigenvalue weighted by Crippen LogP contribution is -2.38. The van der Waals surface area contributed by atoms with Crippen LogP contribution in [0.5, 0.6) is 0 Å². The molecule has 27 heavy (non-hydrogen) atoms. The zero-order valence-electron chi connectivity index (χ0n) is 15.4. The van der Waals surface area contributed by atoms with Crippen molar-refractivity contribution in [2.24, 2.45) is 7.05 Å². The van der Waals surface area contributed by atoms with Gasteiger partial charge in [0.2, 0.25) is 0 Å². The van der Waals surface area contributed by atoms with Crippen LogP contribution in [0.3, 0.4) is 0 Å². The third-order valence-electron chi connectivity index (χ3n) is 5.84. The van der Waals surface area contributed by atoms with Crippen molar-refractivity contribution in [1.29, 1.82) is 0 Å². The van der Waals surface area contributed by atoms with Crippen molar-refractivity contribution in [3.8, 4) is 0 Å². The average molecular weight is 365 g/mol. The number of H-pyrrole nitrogens is 1. The van der Waals surface area contributed by atoms with Gasteiger partial charge in [-0.25, -0.2) is 9.48 Å². The topological polar surface area (TPSA) is 75.9 Å². The molecule has 0 spiro atoms. The van der Waals surface area contributed by atoms with Gasteiger partial charge in [-0.1, -0.05) is 0 Å². The van der Waals surface area contributed by atoms with Gasteiger partial charge in [0, 0.05) is 54.8 Å². The monoisotopic (exact) mass is 365 g/mol. The fourth-order valence-electron chi connectivity index (χ4n) is 4.16. The highest BCUT2D eigenvalue weighted by Gasteiger charge is 2.34. The molecule has 3 aromatic rings. The lowest BCUT2D eigenvalue weighted by molar-refractivity contribution is 0.0710. The zero-order valence-corrected chi connectivity index (χ0v) is 15.4. The minimum atomic E-state index is -0.00851. The summed E-state index contributed by atoms with van der Waals surface area (Å²) in [6.07, 6.45) is 5.72. The number of carbonyl (C=O) groups excluding carboxylic acids is 1. The second kappa shape index (κ2) is 6.11. The standard InChI is InChI=1S/C20H23N5O2/c1-23-20(27)25(16-3-4-16)18(22-23)13-7-10-24(11-8-13)19(26)15-2-5-17-14(12-15)6-9-21-17/h2,5-6,9,12-13,16,21H,3-4,7-8,10-11H2,1H3. The van der Waals surface area contributed by atoms with Gasteiger partial charge in [0.25, 0.3) is 5.91 Å². The second-order valence-corrected chi connectivity index (χ2v) is 7.71. The Morgan fingerprint density at radius 3 is 2.67 bits per heavy atom. The molecular formula is C20H23N5O2. The number of aromatic amines is 1. The number of hydrogen-bond acceptors (Lipinski definition) is 3. The van der Waals surface area contributed by atoms with Crippen molar-refractivity contribution in [2.45, 2.75) is 37.6 Å². The van der Waals surface area contributed by atoms with E-state index in [1.54, 1.807) is 7.05 Å². The Kier molecular flexibility index (Phi) is 3.70. The molecule has 7 heteroatoms. The number of benzene rings is 1. The Labute approximate surface area is 156 Å². The number of hydrogen-bond donors (Lipinski definition) is 1. The zero-order chi connectivity index (χ0) is 18.5. The molecule has 140 valence electrons. The molecule has 1 saturated heterocycles. The third kappa shape index (κ3) is 2.78. The van der Waals surface area contributed by atoms with E-state index in [0.29, 0.717) is 19.1 Å². The number of carbonyl (C=O) groups is 1. The predicted molar refractivity (Wildman–Crippen MR) is 102 cm³/mol. The molecule has 0 bridgehead atoms. The summed E-state index contributed by atoms with van der Waals surface area (Å²) in [7, 11) is 1.72. The Morgan fingerprint density at radius 2 is 1.93 bits per heavy atom. The number of aromatic nitrogens is 4. The van der Waals surface area contributed by atoms with Crippen LogP contribution in [-0.2, 0) is 7.05 Å². The number of rotatable bonds is 3. The maximum Gasteiger partial charge on any atom is 0.345 e. The predicted octanol–water partition coefficient (Wildman–Crippen LogP) is 2.42. The van der Waals surface area contributed by atoms with Crippen LogP contribution in [0.2, 0.25) is 0 Å². The van der Waals surface area contributed by atoms with Crippen molar-refractivity contribution in [2.75, 3.05) is 13.1 Å². The summed E-state index contributed by atoms with van der Waals surface area (Å²) in [6, 6.07) is 8.10. The van der Waals surface area contributed by atoms with Crippen LogP contribution >= 0.6 is 0 Å². The number of nitrogens with zero attached hydrogens (tertiary/aromatic N) is 4. The Morgan fingerprint density at radius 1 is 1.15 bits per heavy atom. The van der Waals surface area contributed by atoms with Gasteiger partial charge in [0.15, 0.2) is 0 Å². The highest BCUT2D eigenvalue weighted by Crippen LogP contribution is 2.37. The fraction of sp³-hybridized carbons (Fsp3) is 0.450. The molecule has 1 saturated carbocycles. The van der Waals surface area contributed by atoms with Crippen molar-refractivity contribution < 1.29 is 4.79 Å². The first-order chi connectivity index (χ1) is 13.1. The number of piperidine rings is 1. The van der Waals surface area contributed by atoms with E-state index in [0.717, 1.165) is 48.0 Å². The summed E-state index contributed by atoms with van der Waals surface area (Å²) in [5.74, 6) is 1.23. The van der Waals surface area contributed by atoms with Crippen LogP contribution in [0, 0.1) is 0 Å². The van der Waals surface area contributed by atoms with Crippen LogP contribution in [-0.4, -0.2) is 43.2 Å². The summed E-state index contributed by atoms with van der Waals surface area (Å²) < 4.78 is 3.35. The first-order valence-electron chi connectivity index (χ1n) is 9.63. The number of likely N-dealkylation sites (tertiary alicyclic amines) is 1. The first kappa shape index (κ1) is 16.4. The van der Waals surface area contributed by atoms with E-state index in [-0.39, 0.29) is 17.5 Å². The molecule has 1 amide bonds. The Balaban J connectivity index is 1.32. The Hall–Kier alpha value is -2.83. The third-order valence-corrected chi connectivity index (χ3v) is 5.84. The SMILES string of the molecule is Cn1nc(C2CCN(C(=O)c3ccc4[nH]ccc4c3)CC2)n(C2CC2)c1=O. The Bertz CT molecular complexity index is 1060. The summed E-state index contributed by atoms with van der Waals surface area (Å²) in [4.78, 5) is 30.3. The van der Waals surface area contributed by atoms with Gasteiger partial charge < -0.3 is 9.88 Å². The van der Waals surface area contributed by atoms with Gasteiger partial charge in [0.1, 0.15) is 5.82 Å². The van der Waals surface area contributed by atoms with E-state index < -0.39 is 0 Å². The van der Waals surface area contributed by atoms with Crippen molar-refractivity contribution in [1.82, 2.24) is 24.2 Å². The molecule has 2 aromatic heterocycles. The van der Waals surface area contributed by atoms with E-state index in [1.807, 2.05) is 39.9 Å². The summed E-state index contributed by atoms with van der Waals surface area (Å²) in [6.45, 7) is 1.40. The van der Waals surface area contributed by atoms with Crippen LogP contribution in [0.25, 0.3) is 10.9 Å². The van der Waals surface area contributed by atoms with Crippen LogP contribution in [0.1, 0.15) is 53.8 Å². The molecule has 1 aliphatic heterocycles. The molecule has 7 nitrogen and oxygen atoms in total. The first-order valence-corrected chi connectivity index (χ1v) is 9.63. The minimum absolute atomic E-state index is 0.00851. The van der Waals surface area contributed by atoms with Crippen molar-refractivity contribution >= 4 is 16.8 Å². The van der Waals surface area contributed by atoms with E-state index >= 15 is 0 Å². The van der Waals surface area contributed by atoms with Gasteiger partial charge in [-0.3, -0.25) is 9.36 Å². The molecule has 5 rings (SSSR count). The molecule has 2 aliphatic rings. The molecule has 1 aliphatic carbocycles. The summed E-state index contributed by atoms with van der Waals surface area (Å²) in [5, 5.41) is 5.57. The second-order valence-electron chi connectivity index (χ2n) is 7.71. The molecular weight excluding hydrogens is 342 g/mol. The normalized spacial score (nSPS) is 18.3. The molecule has 0 atom stereocenters. The van der Waals surface area contributed by atoms with Crippen LogP contribution < -0.4 is 5.69 Å². The number of amides is 1. The smallest absolute Gasteiger partial charge is 0.345 e. The van der Waals surface area contributed by atoms with E-state index in [1.165, 1.54) is 4.68 Å². The van der Waals surface area contributed by atoms with E-state index in [2.05, 4.69) is 10.1 Å². The van der Waals surface area contributed by atoms with E-state index in [4.69, 9.17) is 0 Å². The highest BCUT2D eigenvalue weighted by molar-refractivity contribution is 5.98. The number of aryl methyl sites for hydroxylation is 1. The highest BCUT2D eigenvalue weighted by atomic mass is 16.2. The maximum absolute atomic E-state index is 12.9. The van der Waals surface area contributed by atoms with Crippen LogP contribution in [0.4, 0.5) is 0 Å². The van der Waals surface area contributed by atoms with Crippen molar-refractivity contribution in [3.05, 3.63) is 52.3 Å². The molecule has 0 radical (unpaired) electrons. The molecule has 2 fully saturated rings. The lowest BCUT2D eigenvalue weighted by Gasteiger charge is -2.31. The van der Waals surface area contributed by atoms with Crippen molar-refractivity contribution in [3.63, 3.8) is 0 Å². The fourth-order valence-corrected chi connectivity index (χ4v) is 4.16. The van der Waals surface area contributed by atoms with Gasteiger partial charge in [-0.2, -0.15) is 5.10 Å². The lowest BCUT2D eigenvalue weighted by atomic mass is 9.95. The number of nitrogens with one attached hydrogen (secondary N) is 1. The largest absolute Gasteiger partial charge is 0.361 e. The van der Waals surface area contributed by atoms with Gasteiger partial charge in [-0.15, -0.1) is 0 Å². The summed E-state index contributed by atoms with van der Waals surface area (Å²) in [5.41, 5.74) is 1.76. The average Bonchev–Trinajstić information content (AvgIpc) is 3.33. The van der Waals surface area contributed by atoms with Crippen LogP contribution in [0.15, 0.2) is 35.3 Å². The minimum Gasteiger partial charge on any atom is -0.361 e. The molecule has 1 N–H and O–H groups in total. The quantitative estimate of drug-likeness (QED) is 0.774. The van der Waals surface area contributed by atoms with Gasteiger partial charge in [0.05, 0.1) is 0 Å². The molecule has 1 aromatic carbocycles. The van der Waals surface area contributed by atoms with Gasteiger partial charge in [-0.05, 0) is 49.9 Å². The molecule has 3 heterocycles. The maximum atomic E-state index is 12.9.